The Morgan fingerprint density at radius 2 is 1.60 bits per heavy atom. The number of phenols is 1. The van der Waals surface area contributed by atoms with E-state index in [0.717, 1.165) is 0 Å². The van der Waals surface area contributed by atoms with Gasteiger partial charge in [-0.3, -0.25) is 9.55 Å². The molecule has 1 unspecified atom stereocenters. The van der Waals surface area contributed by atoms with E-state index < -0.39 is 13.3 Å². The maximum Gasteiger partial charge on any atom is 0.343 e. The number of ether oxygens (including phenoxy) is 2. The third kappa shape index (κ3) is 6.01. The molecule has 0 amide bonds. The van der Waals surface area contributed by atoms with E-state index in [-0.39, 0.29) is 29.5 Å². The van der Waals surface area contributed by atoms with E-state index in [9.17, 15) is 9.67 Å². The van der Waals surface area contributed by atoms with Crippen molar-refractivity contribution in [1.29, 1.82) is 0 Å². The van der Waals surface area contributed by atoms with Gasteiger partial charge in [-0.05, 0) is 45.4 Å². The molecule has 1 atom stereocenters. The van der Waals surface area contributed by atoms with Gasteiger partial charge in [0.05, 0.1) is 32.6 Å². The molecule has 1 N–H and O–H groups in total. The first-order valence-electron chi connectivity index (χ1n) is 9.41. The summed E-state index contributed by atoms with van der Waals surface area (Å²) in [5.74, 6) is 0.476. The number of aromatic nitrogens is 2. The Labute approximate surface area is 176 Å². The van der Waals surface area contributed by atoms with Gasteiger partial charge < -0.3 is 23.6 Å². The second kappa shape index (κ2) is 10.5. The van der Waals surface area contributed by atoms with Gasteiger partial charge in [0, 0.05) is 18.6 Å². The van der Waals surface area contributed by atoms with Gasteiger partial charge in [0.25, 0.3) is 0 Å². The molecule has 10 heteroatoms. The second-order valence-corrected chi connectivity index (χ2v) is 8.97. The number of benzene rings is 1. The van der Waals surface area contributed by atoms with E-state index in [0.29, 0.717) is 11.4 Å². The number of aromatic hydroxyl groups is 1. The molecule has 1 aromatic heterocycles. The average molecular weight is 437 g/mol. The fourth-order valence-corrected chi connectivity index (χ4v) is 4.91. The largest absolute Gasteiger partial charge is 0.502 e. The van der Waals surface area contributed by atoms with Crippen LogP contribution in [0.2, 0.25) is 0 Å². The highest BCUT2D eigenvalue weighted by molar-refractivity contribution is 7.55. The van der Waals surface area contributed by atoms with Gasteiger partial charge in [-0.1, -0.05) is 0 Å². The van der Waals surface area contributed by atoms with Crippen LogP contribution in [0.3, 0.4) is 0 Å². The normalized spacial score (nSPS) is 13.2. The maximum atomic E-state index is 13.9. The molecule has 1 aromatic carbocycles. The highest BCUT2D eigenvalue weighted by Crippen LogP contribution is 2.62. The molecule has 0 bridgehead atoms. The second-order valence-electron chi connectivity index (χ2n) is 6.91. The first kappa shape index (κ1) is 23.8. The number of hydrogen-bond donors (Lipinski definition) is 1. The molecule has 2 aromatic rings. The third-order valence-corrected chi connectivity index (χ3v) is 6.34. The number of nitrogens with zero attached hydrogens (tertiary/aromatic N) is 3. The first-order chi connectivity index (χ1) is 14.2. The predicted octanol–water partition coefficient (Wildman–Crippen LogP) is 4.69. The van der Waals surface area contributed by atoms with Crippen molar-refractivity contribution in [2.24, 2.45) is 4.99 Å². The molecule has 0 fully saturated rings. The van der Waals surface area contributed by atoms with Crippen LogP contribution in [0.25, 0.3) is 0 Å². The number of phenolic OH excluding ortho intramolecular Hbond substituents is 1. The SMILES string of the molecule is COc1cc(C(C=Nc2cnccn2)P(=O)(OC(C)C)OC(C)C)cc(OC)c1O. The van der Waals surface area contributed by atoms with Gasteiger partial charge in [0.2, 0.25) is 5.75 Å². The van der Waals surface area contributed by atoms with Crippen LogP contribution >= 0.6 is 7.60 Å². The lowest BCUT2D eigenvalue weighted by Crippen LogP contribution is -2.15. The fourth-order valence-electron chi connectivity index (χ4n) is 2.68. The van der Waals surface area contributed by atoms with E-state index in [1.807, 2.05) is 0 Å². The van der Waals surface area contributed by atoms with Gasteiger partial charge in [-0.15, -0.1) is 0 Å². The Balaban J connectivity index is 2.66. The van der Waals surface area contributed by atoms with Crippen LogP contribution in [0.5, 0.6) is 17.2 Å². The minimum Gasteiger partial charge on any atom is -0.502 e. The lowest BCUT2D eigenvalue weighted by Gasteiger charge is -2.28. The van der Waals surface area contributed by atoms with Crippen LogP contribution in [0.15, 0.2) is 35.7 Å². The molecule has 0 radical (unpaired) electrons. The molecular weight excluding hydrogens is 409 g/mol. The summed E-state index contributed by atoms with van der Waals surface area (Å²) in [6, 6.07) is 3.09. The standard InChI is InChI=1S/C20H28N3O6P/c1-13(2)28-30(25,29-14(3)4)18(11-23-19-12-21-7-8-22-19)15-9-16(26-5)20(24)17(10-15)27-6/h7-14,18,24H,1-6H3. The lowest BCUT2D eigenvalue weighted by molar-refractivity contribution is 0.140. The van der Waals surface area contributed by atoms with Crippen molar-refractivity contribution in [3.05, 3.63) is 36.3 Å². The van der Waals surface area contributed by atoms with Crippen LogP contribution in [0.1, 0.15) is 38.9 Å². The van der Waals surface area contributed by atoms with Crippen LogP contribution < -0.4 is 9.47 Å². The Morgan fingerprint density at radius 1 is 1.03 bits per heavy atom. The number of methoxy groups -OCH3 is 2. The fraction of sp³-hybridized carbons (Fsp3) is 0.450. The van der Waals surface area contributed by atoms with Crippen LogP contribution in [0, 0.1) is 0 Å². The third-order valence-electron chi connectivity index (χ3n) is 3.80. The van der Waals surface area contributed by atoms with Crippen molar-refractivity contribution in [2.45, 2.75) is 45.6 Å². The van der Waals surface area contributed by atoms with E-state index in [2.05, 4.69) is 15.0 Å². The summed E-state index contributed by atoms with van der Waals surface area (Å²) < 4.78 is 36.0. The molecule has 0 aliphatic rings. The zero-order valence-corrected chi connectivity index (χ0v) is 18.9. The highest BCUT2D eigenvalue weighted by Gasteiger charge is 2.39. The van der Waals surface area contributed by atoms with Gasteiger partial charge in [0.1, 0.15) is 5.66 Å². The minimum absolute atomic E-state index is 0.155. The van der Waals surface area contributed by atoms with Crippen molar-refractivity contribution in [3.8, 4) is 17.2 Å². The first-order valence-corrected chi connectivity index (χ1v) is 11.0. The average Bonchev–Trinajstić information content (AvgIpc) is 2.68. The summed E-state index contributed by atoms with van der Waals surface area (Å²) in [6.45, 7) is 7.08. The van der Waals surface area contributed by atoms with Crippen molar-refractivity contribution in [1.82, 2.24) is 9.97 Å². The van der Waals surface area contributed by atoms with Gasteiger partial charge >= 0.3 is 7.60 Å². The molecule has 0 saturated carbocycles. The molecule has 0 aliphatic carbocycles. The molecular formula is C20H28N3O6P. The Bertz CT molecular complexity index is 866. The summed E-state index contributed by atoms with van der Waals surface area (Å²) in [5, 5.41) is 10.3. The predicted molar refractivity (Wildman–Crippen MR) is 114 cm³/mol. The molecule has 164 valence electrons. The summed E-state index contributed by atoms with van der Waals surface area (Å²) >= 11 is 0. The maximum absolute atomic E-state index is 13.9. The van der Waals surface area contributed by atoms with Crippen molar-refractivity contribution in [2.75, 3.05) is 14.2 Å². The zero-order valence-electron chi connectivity index (χ0n) is 18.0. The van der Waals surface area contributed by atoms with Crippen LogP contribution in [-0.4, -0.2) is 47.7 Å². The Kier molecular flexibility index (Phi) is 8.34. The summed E-state index contributed by atoms with van der Waals surface area (Å²) in [4.78, 5) is 12.4. The monoisotopic (exact) mass is 437 g/mol. The summed E-state index contributed by atoms with van der Waals surface area (Å²) in [5.41, 5.74) is -0.452. The molecule has 1 heterocycles. The number of aliphatic imine (C=N–C) groups is 1. The van der Waals surface area contributed by atoms with Crippen molar-refractivity contribution in [3.63, 3.8) is 0 Å². The number of hydrogen-bond acceptors (Lipinski definition) is 9. The Morgan fingerprint density at radius 3 is 2.03 bits per heavy atom. The van der Waals surface area contributed by atoms with Gasteiger partial charge in [0.15, 0.2) is 17.3 Å². The van der Waals surface area contributed by atoms with E-state index >= 15 is 0 Å². The number of rotatable bonds is 10. The molecule has 0 spiro atoms. The van der Waals surface area contributed by atoms with Crippen molar-refractivity contribution < 1.29 is 28.2 Å². The van der Waals surface area contributed by atoms with Crippen LogP contribution in [0.4, 0.5) is 5.82 Å². The molecule has 9 nitrogen and oxygen atoms in total. The van der Waals surface area contributed by atoms with Gasteiger partial charge in [-0.2, -0.15) is 0 Å². The topological polar surface area (TPSA) is 112 Å². The molecule has 0 saturated heterocycles. The molecule has 30 heavy (non-hydrogen) atoms. The summed E-state index contributed by atoms with van der Waals surface area (Å²) in [7, 11) is -0.942. The molecule has 0 aliphatic heterocycles. The summed E-state index contributed by atoms with van der Waals surface area (Å²) in [6.07, 6.45) is 5.21. The minimum atomic E-state index is -3.77. The van der Waals surface area contributed by atoms with Crippen LogP contribution in [-0.2, 0) is 13.6 Å². The van der Waals surface area contributed by atoms with Gasteiger partial charge in [-0.25, -0.2) is 9.98 Å². The smallest absolute Gasteiger partial charge is 0.343 e. The zero-order chi connectivity index (χ0) is 22.3. The quantitative estimate of drug-likeness (QED) is 0.421. The lowest BCUT2D eigenvalue weighted by atomic mass is 10.1. The highest BCUT2D eigenvalue weighted by atomic mass is 31.2. The van der Waals surface area contributed by atoms with E-state index in [1.165, 1.54) is 39.0 Å². The molecule has 2 rings (SSSR count). The van der Waals surface area contributed by atoms with Crippen molar-refractivity contribution >= 4 is 19.6 Å². The van der Waals surface area contributed by atoms with E-state index in [1.54, 1.807) is 39.8 Å². The van der Waals surface area contributed by atoms with E-state index in [4.69, 9.17) is 18.5 Å². The Hall–Kier alpha value is -2.48.